The van der Waals surface area contributed by atoms with Gasteiger partial charge in [-0.15, -0.1) is 0 Å². The molecule has 1 unspecified atom stereocenters. The second-order valence-corrected chi connectivity index (χ2v) is 16.9. The Bertz CT molecular complexity index is 2340. The Balaban J connectivity index is 0.890. The van der Waals surface area contributed by atoms with E-state index in [-0.39, 0.29) is 29.8 Å². The van der Waals surface area contributed by atoms with Gasteiger partial charge in [-0.25, -0.2) is 18.2 Å². The standard InChI is InChI=1S/C42H49BrF3N9O/c1-25-17-30-29-12-6-7-13-34(29)50-38(30)39(54(25)24-42(2,3)46)35-32(44)18-28(19-33(35)45)56-16-9-5-8-14-53-15-10-11-26(23-53)37-36(43)40(47)55-41(51-37)31(21-49-55)27-20-48-52(4)22-27/h6-7,12-13,18-22,25-26,39,50H,5,8-11,14-17,23-24,47H2,1-4H3/t25-,26?,39-/m1/s1. The molecule has 6 aromatic rings. The van der Waals surface area contributed by atoms with E-state index in [9.17, 15) is 0 Å². The summed E-state index contributed by atoms with van der Waals surface area (Å²) in [4.78, 5) is 12.9. The number of nitrogens with two attached hydrogens (primary N) is 1. The van der Waals surface area contributed by atoms with Crippen molar-refractivity contribution in [1.29, 1.82) is 0 Å². The van der Waals surface area contributed by atoms with Gasteiger partial charge in [-0.2, -0.15) is 14.7 Å². The molecule has 56 heavy (non-hydrogen) atoms. The van der Waals surface area contributed by atoms with Crippen molar-refractivity contribution in [3.8, 4) is 16.9 Å². The molecule has 0 spiro atoms. The van der Waals surface area contributed by atoms with E-state index in [1.54, 1.807) is 21.6 Å². The largest absolute Gasteiger partial charge is 0.493 e. The second kappa shape index (κ2) is 15.5. The summed E-state index contributed by atoms with van der Waals surface area (Å²) >= 11 is 3.73. The third-order valence-electron chi connectivity index (χ3n) is 11.3. The van der Waals surface area contributed by atoms with Crippen molar-refractivity contribution in [2.75, 3.05) is 38.5 Å². The number of halogens is 4. The number of piperidine rings is 1. The predicted molar refractivity (Wildman–Crippen MR) is 217 cm³/mol. The number of ether oxygens (including phenoxy) is 1. The molecule has 0 amide bonds. The fourth-order valence-corrected chi connectivity index (χ4v) is 9.32. The molecule has 2 aromatic carbocycles. The van der Waals surface area contributed by atoms with E-state index in [2.05, 4.69) is 36.0 Å². The number of hydrogen-bond donors (Lipinski definition) is 2. The van der Waals surface area contributed by atoms with Crippen molar-refractivity contribution in [2.24, 2.45) is 7.05 Å². The van der Waals surface area contributed by atoms with Crippen LogP contribution in [0.1, 0.15) is 87.3 Å². The molecule has 8 rings (SSSR count). The number of nitrogens with one attached hydrogen (secondary N) is 1. The Morgan fingerprint density at radius 3 is 2.61 bits per heavy atom. The number of aromatic nitrogens is 6. The number of likely N-dealkylation sites (tertiary alicyclic amines) is 1. The normalized spacial score (nSPS) is 19.6. The van der Waals surface area contributed by atoms with Gasteiger partial charge in [-0.3, -0.25) is 9.58 Å². The molecule has 3 atom stereocenters. The number of alkyl halides is 1. The van der Waals surface area contributed by atoms with Crippen LogP contribution in [0.4, 0.5) is 19.0 Å². The number of nitrogens with zero attached hydrogens (tertiary/aromatic N) is 7. The first-order valence-electron chi connectivity index (χ1n) is 19.6. The third kappa shape index (κ3) is 7.55. The first-order valence-corrected chi connectivity index (χ1v) is 20.4. The molecule has 1 saturated heterocycles. The number of benzene rings is 2. The molecule has 4 aromatic heterocycles. The number of fused-ring (bicyclic) bond motifs is 4. The average molecular weight is 833 g/mol. The van der Waals surface area contributed by atoms with E-state index in [4.69, 9.17) is 15.5 Å². The van der Waals surface area contributed by atoms with Crippen molar-refractivity contribution in [3.05, 3.63) is 93.6 Å². The highest BCUT2D eigenvalue weighted by atomic mass is 79.9. The number of anilines is 1. The monoisotopic (exact) mass is 831 g/mol. The molecule has 10 nitrogen and oxygen atoms in total. The lowest BCUT2D eigenvalue weighted by atomic mass is 9.87. The summed E-state index contributed by atoms with van der Waals surface area (Å²) < 4.78 is 57.5. The molecule has 0 aliphatic carbocycles. The highest BCUT2D eigenvalue weighted by Crippen LogP contribution is 2.44. The predicted octanol–water partition coefficient (Wildman–Crippen LogP) is 8.75. The lowest BCUT2D eigenvalue weighted by molar-refractivity contribution is 0.0642. The van der Waals surface area contributed by atoms with E-state index in [1.165, 1.54) is 26.0 Å². The van der Waals surface area contributed by atoms with Gasteiger partial charge in [0.2, 0.25) is 0 Å². The van der Waals surface area contributed by atoms with Gasteiger partial charge < -0.3 is 20.4 Å². The number of nitrogen functional groups attached to an aromatic ring is 1. The topological polar surface area (TPSA) is 106 Å². The Morgan fingerprint density at radius 1 is 1.07 bits per heavy atom. The van der Waals surface area contributed by atoms with E-state index < -0.39 is 23.3 Å². The van der Waals surface area contributed by atoms with Gasteiger partial charge in [-0.1, -0.05) is 18.2 Å². The lowest BCUT2D eigenvalue weighted by Crippen LogP contribution is -2.48. The smallest absolute Gasteiger partial charge is 0.165 e. The fourth-order valence-electron chi connectivity index (χ4n) is 8.74. The summed E-state index contributed by atoms with van der Waals surface area (Å²) in [7, 11) is 1.88. The maximum absolute atomic E-state index is 16.1. The molecule has 0 bridgehead atoms. The zero-order valence-corrected chi connectivity index (χ0v) is 33.9. The SMILES string of the molecule is C[C@@H]1Cc2c([nH]c3ccccc23)[C@@H](c2c(F)cc(OCCCCCN3CCCC(c4nc5c(-c6cnn(C)c6)cnn5c(N)c4Br)C3)cc2F)N1CC(C)(C)F. The Labute approximate surface area is 333 Å². The van der Waals surface area contributed by atoms with Crippen LogP contribution >= 0.6 is 15.9 Å². The fraction of sp³-hybridized carbons (Fsp3) is 0.452. The molecule has 0 radical (unpaired) electrons. The van der Waals surface area contributed by atoms with Crippen LogP contribution in [0, 0.1) is 11.6 Å². The summed E-state index contributed by atoms with van der Waals surface area (Å²) in [6.45, 7) is 8.19. The van der Waals surface area contributed by atoms with Crippen LogP contribution in [-0.4, -0.2) is 83.7 Å². The van der Waals surface area contributed by atoms with Gasteiger partial charge >= 0.3 is 0 Å². The highest BCUT2D eigenvalue weighted by molar-refractivity contribution is 9.10. The van der Waals surface area contributed by atoms with Crippen LogP contribution in [0.5, 0.6) is 5.75 Å². The molecule has 6 heterocycles. The van der Waals surface area contributed by atoms with Crippen molar-refractivity contribution in [1.82, 2.24) is 39.2 Å². The minimum atomic E-state index is -1.56. The minimum Gasteiger partial charge on any atom is -0.493 e. The first-order chi connectivity index (χ1) is 26.9. The minimum absolute atomic E-state index is 0.0287. The van der Waals surface area contributed by atoms with Gasteiger partial charge in [0.25, 0.3) is 0 Å². The number of aryl methyl sites for hydroxylation is 1. The van der Waals surface area contributed by atoms with Gasteiger partial charge in [0.1, 0.15) is 28.9 Å². The molecule has 296 valence electrons. The van der Waals surface area contributed by atoms with Crippen LogP contribution < -0.4 is 10.5 Å². The molecular formula is C42H49BrF3N9O. The number of aromatic amines is 1. The Kier molecular flexibility index (Phi) is 10.7. The van der Waals surface area contributed by atoms with Gasteiger partial charge in [0.05, 0.1) is 35.2 Å². The molecule has 3 N–H and O–H groups in total. The maximum atomic E-state index is 16.1. The Hall–Kier alpha value is -4.40. The summed E-state index contributed by atoms with van der Waals surface area (Å²) in [5.41, 5.74) is 11.0. The molecule has 1 fully saturated rings. The zero-order chi connectivity index (χ0) is 39.3. The van der Waals surface area contributed by atoms with Crippen molar-refractivity contribution >= 4 is 38.3 Å². The average Bonchev–Trinajstić information content (AvgIpc) is 3.88. The van der Waals surface area contributed by atoms with E-state index in [0.29, 0.717) is 24.5 Å². The van der Waals surface area contributed by atoms with Crippen LogP contribution in [0.2, 0.25) is 0 Å². The van der Waals surface area contributed by atoms with Crippen molar-refractivity contribution in [2.45, 2.75) is 83.0 Å². The van der Waals surface area contributed by atoms with Gasteiger partial charge in [0.15, 0.2) is 5.65 Å². The summed E-state index contributed by atoms with van der Waals surface area (Å²) in [5.74, 6) is -0.503. The molecule has 14 heteroatoms. The van der Waals surface area contributed by atoms with Gasteiger partial charge in [0, 0.05) is 83.7 Å². The molecular weight excluding hydrogens is 783 g/mol. The summed E-state index contributed by atoms with van der Waals surface area (Å²) in [6, 6.07) is 9.46. The van der Waals surface area contributed by atoms with Crippen LogP contribution in [-0.2, 0) is 13.5 Å². The highest BCUT2D eigenvalue weighted by Gasteiger charge is 2.41. The van der Waals surface area contributed by atoms with Crippen molar-refractivity contribution < 1.29 is 17.9 Å². The zero-order valence-electron chi connectivity index (χ0n) is 32.3. The number of H-pyrrole nitrogens is 1. The summed E-state index contributed by atoms with van der Waals surface area (Å²) in [6.07, 6.45) is 10.9. The third-order valence-corrected chi connectivity index (χ3v) is 12.2. The molecule has 0 saturated carbocycles. The van der Waals surface area contributed by atoms with Crippen LogP contribution in [0.3, 0.4) is 0 Å². The number of unbranched alkanes of at least 4 members (excludes halogenated alkanes) is 2. The summed E-state index contributed by atoms with van der Waals surface area (Å²) in [5, 5.41) is 9.84. The van der Waals surface area contributed by atoms with Crippen molar-refractivity contribution in [3.63, 3.8) is 0 Å². The Morgan fingerprint density at radius 2 is 1.86 bits per heavy atom. The quantitative estimate of drug-likeness (QED) is 0.119. The molecule has 2 aliphatic rings. The molecule has 2 aliphatic heterocycles. The van der Waals surface area contributed by atoms with Crippen LogP contribution in [0.15, 0.2) is 59.5 Å². The maximum Gasteiger partial charge on any atom is 0.165 e. The lowest BCUT2D eigenvalue weighted by Gasteiger charge is -2.43. The van der Waals surface area contributed by atoms with Gasteiger partial charge in [-0.05, 0) is 99.9 Å². The number of hydrogen-bond acceptors (Lipinski definition) is 7. The number of rotatable bonds is 12. The second-order valence-electron chi connectivity index (χ2n) is 16.2. The van der Waals surface area contributed by atoms with E-state index in [0.717, 1.165) is 95.1 Å². The number of para-hydroxylation sites is 1. The van der Waals surface area contributed by atoms with E-state index in [1.807, 2.05) is 49.3 Å². The van der Waals surface area contributed by atoms with E-state index >= 15 is 13.2 Å². The van der Waals surface area contributed by atoms with Crippen LogP contribution in [0.25, 0.3) is 27.7 Å². The first kappa shape index (κ1) is 38.5.